The molecule has 17 bridgehead atoms. The number of phenols is 4. The molecule has 128 heavy (non-hydrogen) atoms. The van der Waals surface area contributed by atoms with Crippen molar-refractivity contribution in [2.45, 2.75) is 187 Å². The number of amides is 8. The van der Waals surface area contributed by atoms with Crippen LogP contribution in [0, 0.1) is 0 Å². The van der Waals surface area contributed by atoms with Gasteiger partial charge in [0.15, 0.2) is 29.1 Å². The molecule has 8 aliphatic heterocycles. The molecule has 38 nitrogen and oxygen atoms in total. The van der Waals surface area contributed by atoms with Crippen LogP contribution in [0.4, 0.5) is 0 Å². The molecular weight excluding hydrogens is 1720 g/mol. The number of fused-ring (bicyclic) bond motifs is 14. The van der Waals surface area contributed by atoms with Gasteiger partial charge in [-0.15, -0.1) is 0 Å². The van der Waals surface area contributed by atoms with Crippen molar-refractivity contribution in [1.82, 2.24) is 52.8 Å². The Hall–Kier alpha value is -11.9. The number of esters is 1. The molecule has 8 aliphatic rings. The van der Waals surface area contributed by atoms with Gasteiger partial charge in [-0.25, -0.2) is 4.79 Å². The molecule has 684 valence electrons. The Morgan fingerprint density at radius 1 is 0.555 bits per heavy atom. The van der Waals surface area contributed by atoms with E-state index in [0.29, 0.717) is 31.4 Å². The van der Waals surface area contributed by atoms with Crippen molar-refractivity contribution in [3.05, 3.63) is 164 Å². The number of unbranched alkanes of at least 4 members (excludes halogenated alkanes) is 7. The van der Waals surface area contributed by atoms with Crippen LogP contribution in [0.3, 0.4) is 0 Å². The third kappa shape index (κ3) is 20.9. The van der Waals surface area contributed by atoms with Gasteiger partial charge >= 0.3 is 5.97 Å². The molecule has 8 amide bonds. The summed E-state index contributed by atoms with van der Waals surface area (Å²) in [5, 5.41) is 151. The number of phenolic OH excluding ortho intramolecular Hbond substituents is 4. The predicted molar refractivity (Wildman–Crippen MR) is 452 cm³/mol. The summed E-state index contributed by atoms with van der Waals surface area (Å²) in [6, 6.07) is 6.07. The number of methoxy groups -OCH3 is 1. The van der Waals surface area contributed by atoms with Crippen LogP contribution in [0.25, 0.3) is 11.1 Å². The third-order valence-corrected chi connectivity index (χ3v) is 23.5. The van der Waals surface area contributed by atoms with Crippen molar-refractivity contribution in [2.75, 3.05) is 47.9 Å². The van der Waals surface area contributed by atoms with Crippen LogP contribution < -0.4 is 71.5 Å². The molecule has 18 atom stereocenters. The van der Waals surface area contributed by atoms with Crippen LogP contribution in [0.15, 0.2) is 115 Å². The lowest BCUT2D eigenvalue weighted by Crippen LogP contribution is -2.66. The van der Waals surface area contributed by atoms with E-state index in [9.17, 15) is 70.6 Å². The number of aliphatic hydroxyl groups is 7. The van der Waals surface area contributed by atoms with E-state index in [1.54, 1.807) is 14.1 Å². The van der Waals surface area contributed by atoms with Gasteiger partial charge in [0.05, 0.1) is 23.8 Å². The number of carbonyl (C=O) groups is 9. The molecule has 0 aliphatic carbocycles. The minimum absolute atomic E-state index is 0.0893. The van der Waals surface area contributed by atoms with Gasteiger partial charge in [0, 0.05) is 48.2 Å². The van der Waals surface area contributed by atoms with Gasteiger partial charge in [-0.05, 0) is 147 Å². The number of likely N-dealkylation sites (N-methyl/N-ethyl adjacent to an activating group) is 1. The van der Waals surface area contributed by atoms with E-state index < -0.39 is 271 Å². The molecule has 15 rings (SSSR count). The number of hydrogen-bond acceptors (Lipinski definition) is 30. The lowest BCUT2D eigenvalue weighted by Gasteiger charge is -2.41. The number of hydrogen-bond donors (Lipinski definition) is 20. The van der Waals surface area contributed by atoms with Crippen LogP contribution in [-0.2, 0) is 63.8 Å². The van der Waals surface area contributed by atoms with Crippen LogP contribution in [0.1, 0.15) is 146 Å². The summed E-state index contributed by atoms with van der Waals surface area (Å²) in [4.78, 5) is 141. The van der Waals surface area contributed by atoms with Crippen molar-refractivity contribution in [3.63, 3.8) is 0 Å². The standard InChI is InChI=1S/C88H100Cl2N10O28/c1-6-7-8-9-10-11-12-13-15-61(106)94-70-73(109)75(111)78(86(120)121-5)128-87(70)127-77-58-32-43-33-59(77)124-55-25-20-42(30-50(55)89)71(107)69-85(119)98-67(80(114)92-26-14-27-100(3)4)48-34-44(102)35-57(125-88-76(112)74(110)72(108)60(38-101)126-88)62(48)47-29-40(18-23-52(47)103)65(82(116)99-69)95-83(117)66(43)96-84(118)68-49-36-46(37-54(105)63(49)90)123-56-31-41(19-24-53(56)104)64(91-2)81(115)93-51(79(113)97-68)28-39-16-21-45(122-58)22-17-39/h16-25,29-37,51,60,64-76,78,87-88,91,101-105,107-112H,6-15,26-28,38H2,1-5H3,(H,92,114)(H,93,115)(H,94,106)(H,95,117)(H,96,118)(H,97,113)(H,98,119)(H,99,116)/t51-,60-,64+,65-,66-,67-,68+,69+,70-,71-,72-,73-,74+,75+,76+,78+,87-,88+/m1/s1. The molecule has 40 heteroatoms. The van der Waals surface area contributed by atoms with E-state index >= 15 is 28.8 Å². The number of carbonyl (C=O) groups excluding carboxylic acids is 9. The van der Waals surface area contributed by atoms with Crippen LogP contribution in [-0.4, -0.2) is 236 Å². The zero-order valence-corrected chi connectivity index (χ0v) is 71.3. The number of nitrogens with zero attached hydrogens (tertiary/aromatic N) is 1. The van der Waals surface area contributed by atoms with E-state index in [4.69, 9.17) is 61.1 Å². The Bertz CT molecular complexity index is 5320. The second kappa shape index (κ2) is 41.0. The number of aliphatic hydroxyl groups excluding tert-OH is 7. The molecule has 7 aromatic carbocycles. The fraction of sp³-hybridized carbons (Fsp3) is 0.420. The zero-order chi connectivity index (χ0) is 91.8. The zero-order valence-electron chi connectivity index (χ0n) is 69.8. The smallest absolute Gasteiger partial charge is 0.337 e. The minimum Gasteiger partial charge on any atom is -0.508 e. The van der Waals surface area contributed by atoms with Gasteiger partial charge in [0.1, 0.15) is 131 Å². The fourth-order valence-corrected chi connectivity index (χ4v) is 16.3. The predicted octanol–water partition coefficient (Wildman–Crippen LogP) is 4.01. The molecule has 7 aromatic rings. The summed E-state index contributed by atoms with van der Waals surface area (Å²) in [7, 11) is 5.94. The minimum atomic E-state index is -2.43. The first-order chi connectivity index (χ1) is 61.2. The Balaban J connectivity index is 1.05. The van der Waals surface area contributed by atoms with E-state index in [2.05, 4.69) is 54.8 Å². The quantitative estimate of drug-likeness (QED) is 0.0337. The summed E-state index contributed by atoms with van der Waals surface area (Å²) in [6.07, 6.45) is -14.0. The highest BCUT2D eigenvalue weighted by Crippen LogP contribution is 2.51. The maximum atomic E-state index is 16.9. The number of rotatable bonds is 22. The Morgan fingerprint density at radius 3 is 1.90 bits per heavy atom. The second-order valence-corrected chi connectivity index (χ2v) is 32.8. The Labute approximate surface area is 742 Å². The van der Waals surface area contributed by atoms with Crippen molar-refractivity contribution in [3.8, 4) is 80.1 Å². The van der Waals surface area contributed by atoms with Crippen LogP contribution >= 0.6 is 23.2 Å². The molecule has 0 saturated carbocycles. The van der Waals surface area contributed by atoms with Gasteiger partial charge in [-0.1, -0.05) is 105 Å². The second-order valence-electron chi connectivity index (χ2n) is 32.1. The number of aromatic hydroxyl groups is 4. The molecule has 8 heterocycles. The number of halogens is 2. The number of nitrogens with one attached hydrogen (secondary N) is 9. The summed E-state index contributed by atoms with van der Waals surface area (Å²) >= 11 is 14.3. The molecule has 0 spiro atoms. The van der Waals surface area contributed by atoms with E-state index in [0.717, 1.165) is 112 Å². The molecular formula is C88H100Cl2N10O28. The highest BCUT2D eigenvalue weighted by molar-refractivity contribution is 6.33. The number of ether oxygens (including phenoxy) is 8. The highest BCUT2D eigenvalue weighted by Gasteiger charge is 2.52. The number of benzene rings is 7. The average Bonchev–Trinajstić information content (AvgIpc) is 0.758. The third-order valence-electron chi connectivity index (χ3n) is 22.7. The molecule has 0 radical (unpaired) electrons. The van der Waals surface area contributed by atoms with Crippen LogP contribution in [0.2, 0.25) is 10.0 Å². The fourth-order valence-electron chi connectivity index (χ4n) is 15.9. The Kier molecular flexibility index (Phi) is 30.1. The molecule has 2 fully saturated rings. The summed E-state index contributed by atoms with van der Waals surface area (Å²) in [5.74, 6) is -17.1. The Morgan fingerprint density at radius 2 is 1.20 bits per heavy atom. The monoisotopic (exact) mass is 1810 g/mol. The molecule has 0 unspecified atom stereocenters. The van der Waals surface area contributed by atoms with Gasteiger partial charge < -0.3 is 147 Å². The lowest BCUT2D eigenvalue weighted by atomic mass is 9.89. The van der Waals surface area contributed by atoms with Crippen molar-refractivity contribution >= 4 is 76.4 Å². The first-order valence-electron chi connectivity index (χ1n) is 41.5. The maximum Gasteiger partial charge on any atom is 0.337 e. The summed E-state index contributed by atoms with van der Waals surface area (Å²) in [5.41, 5.74) is -2.58. The summed E-state index contributed by atoms with van der Waals surface area (Å²) < 4.78 is 49.9. The SMILES string of the molecule is CCCCCCCCCCC(=O)N[C@H]1[C@H](Oc2c3cc4cc2Oc2ccc(cc2Cl)[C@@H](O)[C@@H]2NC(=O)[C@H](NC(=O)[C@@H]4NC(=O)[C@H]4NC(=O)[C@@H](Cc5ccc(cc5)O3)NC(=O)[C@@H](NC)c3ccc(O)c(c3)Oc3cc(O)c(Cl)c4c3)c3ccc(O)c(c3)-c3c(O[C@H]4O[C@H](CO)[C@@H](O)[C@H](O)[C@@H]4O)cc(O)cc3[C@H](C(=O)NCCCN(C)C)NC2=O)O[C@H](C(=O)OC)[C@@H](O)[C@@H]1O. The molecule has 2 saturated heterocycles. The van der Waals surface area contributed by atoms with Gasteiger partial charge in [-0.2, -0.15) is 0 Å². The van der Waals surface area contributed by atoms with E-state index in [1.807, 2.05) is 4.90 Å². The van der Waals surface area contributed by atoms with Gasteiger partial charge in [-0.3, -0.25) is 38.4 Å². The largest absolute Gasteiger partial charge is 0.508 e. The van der Waals surface area contributed by atoms with Crippen molar-refractivity contribution < 1.29 is 137 Å². The first-order valence-corrected chi connectivity index (χ1v) is 42.3. The molecule has 0 aromatic heterocycles. The van der Waals surface area contributed by atoms with Crippen molar-refractivity contribution in [2.24, 2.45) is 0 Å². The summed E-state index contributed by atoms with van der Waals surface area (Å²) in [6.45, 7) is 1.46. The van der Waals surface area contributed by atoms with E-state index in [1.165, 1.54) is 55.6 Å². The van der Waals surface area contributed by atoms with Crippen molar-refractivity contribution in [1.29, 1.82) is 0 Å². The molecule has 20 N–H and O–H groups in total. The average molecular weight is 1820 g/mol. The van der Waals surface area contributed by atoms with Gasteiger partial charge in [0.25, 0.3) is 0 Å². The lowest BCUT2D eigenvalue weighted by molar-refractivity contribution is -0.277. The first kappa shape index (κ1) is 93.7. The maximum absolute atomic E-state index is 16.9. The van der Waals surface area contributed by atoms with E-state index in [-0.39, 0.29) is 41.3 Å². The highest BCUT2D eigenvalue weighted by atomic mass is 35.5. The van der Waals surface area contributed by atoms with Gasteiger partial charge in [0.2, 0.25) is 65.6 Å². The topological polar surface area (TPSA) is 562 Å². The normalized spacial score (nSPS) is 25.8. The van der Waals surface area contributed by atoms with Crippen LogP contribution in [0.5, 0.6) is 69.0 Å².